The highest BCUT2D eigenvalue weighted by molar-refractivity contribution is 7.12. The maximum absolute atomic E-state index is 13.1. The van der Waals surface area contributed by atoms with Crippen molar-refractivity contribution in [2.45, 2.75) is 13.3 Å². The zero-order chi connectivity index (χ0) is 19.0. The van der Waals surface area contributed by atoms with Gasteiger partial charge >= 0.3 is 5.97 Å². The summed E-state index contributed by atoms with van der Waals surface area (Å²) in [6.07, 6.45) is -0.208. The van der Waals surface area contributed by atoms with Crippen molar-refractivity contribution in [2.24, 2.45) is 0 Å². The van der Waals surface area contributed by atoms with Crippen molar-refractivity contribution in [1.29, 1.82) is 0 Å². The highest BCUT2D eigenvalue weighted by atomic mass is 35.5. The Kier molecular flexibility index (Phi) is 4.93. The molecule has 0 saturated heterocycles. The molecule has 1 aromatic carbocycles. The van der Waals surface area contributed by atoms with Crippen LogP contribution in [0.4, 0.5) is 0 Å². The molecule has 0 unspecified atom stereocenters. The van der Waals surface area contributed by atoms with E-state index in [2.05, 4.69) is 0 Å². The smallest absolute Gasteiger partial charge is 0.307 e. The van der Waals surface area contributed by atoms with Crippen molar-refractivity contribution in [1.82, 2.24) is 4.57 Å². The highest BCUT2D eigenvalue weighted by Gasteiger charge is 2.23. The summed E-state index contributed by atoms with van der Waals surface area (Å²) < 4.78 is 11.9. The standard InChI is InChI=1S/C18H16ClNO5S/c1-9-11(6-16(21)22)12-5-15(24-2)13(19)7-14(12)20(9)18(23)10-4-17(25-3)26-8-10/h4-5,7-8H,6H2,1-3H3,(H,21,22). The van der Waals surface area contributed by atoms with E-state index in [4.69, 9.17) is 21.1 Å². The summed E-state index contributed by atoms with van der Waals surface area (Å²) in [5.74, 6) is -0.830. The number of carboxylic acid groups (broad SMARTS) is 1. The Bertz CT molecular complexity index is 1020. The second-order valence-electron chi connectivity index (χ2n) is 5.64. The number of methoxy groups -OCH3 is 2. The van der Waals surface area contributed by atoms with Gasteiger partial charge in [0.15, 0.2) is 5.06 Å². The molecule has 1 N–H and O–H groups in total. The molecule has 6 nitrogen and oxygen atoms in total. The van der Waals surface area contributed by atoms with Crippen LogP contribution in [-0.4, -0.2) is 35.8 Å². The Morgan fingerprint density at radius 2 is 1.96 bits per heavy atom. The van der Waals surface area contributed by atoms with Gasteiger partial charge in [0.2, 0.25) is 0 Å². The molecule has 0 aliphatic rings. The third-order valence-electron chi connectivity index (χ3n) is 4.16. The number of aliphatic carboxylic acids is 1. The van der Waals surface area contributed by atoms with E-state index in [0.717, 1.165) is 0 Å². The fraction of sp³-hybridized carbons (Fsp3) is 0.222. The molecule has 0 fully saturated rings. The number of carbonyl (C=O) groups is 2. The predicted molar refractivity (Wildman–Crippen MR) is 100 cm³/mol. The van der Waals surface area contributed by atoms with Crippen LogP contribution in [0.15, 0.2) is 23.6 Å². The molecule has 0 aliphatic heterocycles. The van der Waals surface area contributed by atoms with Crippen LogP contribution < -0.4 is 9.47 Å². The lowest BCUT2D eigenvalue weighted by Crippen LogP contribution is -2.13. The lowest BCUT2D eigenvalue weighted by molar-refractivity contribution is -0.136. The van der Waals surface area contributed by atoms with E-state index >= 15 is 0 Å². The van der Waals surface area contributed by atoms with Crippen LogP contribution in [0.2, 0.25) is 5.02 Å². The van der Waals surface area contributed by atoms with Crippen LogP contribution in [0.5, 0.6) is 10.8 Å². The molecule has 2 heterocycles. The normalized spacial score (nSPS) is 10.9. The van der Waals surface area contributed by atoms with Gasteiger partial charge in [-0.05, 0) is 24.6 Å². The molecule has 8 heteroatoms. The van der Waals surface area contributed by atoms with E-state index in [9.17, 15) is 14.7 Å². The van der Waals surface area contributed by atoms with Crippen LogP contribution in [-0.2, 0) is 11.2 Å². The predicted octanol–water partition coefficient (Wildman–Crippen LogP) is 4.00. The maximum Gasteiger partial charge on any atom is 0.307 e. The van der Waals surface area contributed by atoms with Crippen molar-refractivity contribution in [2.75, 3.05) is 14.2 Å². The first kappa shape index (κ1) is 18.3. The van der Waals surface area contributed by atoms with Gasteiger partial charge in [-0.2, -0.15) is 0 Å². The number of aromatic nitrogens is 1. The van der Waals surface area contributed by atoms with Crippen molar-refractivity contribution < 1.29 is 24.2 Å². The Morgan fingerprint density at radius 3 is 2.54 bits per heavy atom. The van der Waals surface area contributed by atoms with Gasteiger partial charge in [-0.15, -0.1) is 11.3 Å². The van der Waals surface area contributed by atoms with Crippen LogP contribution in [0.3, 0.4) is 0 Å². The van der Waals surface area contributed by atoms with E-state index in [0.29, 0.717) is 43.6 Å². The van der Waals surface area contributed by atoms with Gasteiger partial charge < -0.3 is 14.6 Å². The summed E-state index contributed by atoms with van der Waals surface area (Å²) in [4.78, 5) is 24.4. The maximum atomic E-state index is 13.1. The lowest BCUT2D eigenvalue weighted by atomic mass is 10.1. The number of benzene rings is 1. The third kappa shape index (κ3) is 3.04. The molecule has 0 atom stereocenters. The molecule has 26 heavy (non-hydrogen) atoms. The second-order valence-corrected chi connectivity index (χ2v) is 6.92. The molecule has 0 amide bonds. The summed E-state index contributed by atoms with van der Waals surface area (Å²) in [7, 11) is 3.02. The first-order chi connectivity index (χ1) is 12.4. The number of rotatable bonds is 5. The van der Waals surface area contributed by atoms with E-state index in [1.165, 1.54) is 30.1 Å². The largest absolute Gasteiger partial charge is 0.495 e. The minimum absolute atomic E-state index is 0.208. The van der Waals surface area contributed by atoms with E-state index < -0.39 is 5.97 Å². The molecule has 0 saturated carbocycles. The number of nitrogens with zero attached hydrogens (tertiary/aromatic N) is 1. The molecule has 136 valence electrons. The number of hydrogen-bond donors (Lipinski definition) is 1. The molecule has 3 rings (SSSR count). The molecular weight excluding hydrogens is 378 g/mol. The van der Waals surface area contributed by atoms with Crippen molar-refractivity contribution >= 4 is 45.7 Å². The van der Waals surface area contributed by atoms with Gasteiger partial charge in [0, 0.05) is 22.5 Å². The molecule has 0 bridgehead atoms. The first-order valence-electron chi connectivity index (χ1n) is 7.63. The Morgan fingerprint density at radius 1 is 1.23 bits per heavy atom. The number of hydrogen-bond acceptors (Lipinski definition) is 5. The third-order valence-corrected chi connectivity index (χ3v) is 5.35. The molecular formula is C18H16ClNO5S. The minimum atomic E-state index is -0.981. The fourth-order valence-electron chi connectivity index (χ4n) is 2.94. The topological polar surface area (TPSA) is 77.8 Å². The van der Waals surface area contributed by atoms with Gasteiger partial charge in [-0.25, -0.2) is 0 Å². The van der Waals surface area contributed by atoms with Crippen molar-refractivity contribution in [3.8, 4) is 10.8 Å². The van der Waals surface area contributed by atoms with Crippen LogP contribution in [0.25, 0.3) is 10.9 Å². The van der Waals surface area contributed by atoms with Gasteiger partial charge in [-0.3, -0.25) is 14.2 Å². The fourth-order valence-corrected chi connectivity index (χ4v) is 3.88. The summed E-state index contributed by atoms with van der Waals surface area (Å²) >= 11 is 7.55. The SMILES string of the molecule is COc1cc(C(=O)n2c(C)c(CC(=O)O)c3cc(OC)c(Cl)cc32)cs1. The summed E-state index contributed by atoms with van der Waals surface area (Å²) in [6, 6.07) is 4.94. The van der Waals surface area contributed by atoms with Crippen molar-refractivity contribution in [3.63, 3.8) is 0 Å². The first-order valence-corrected chi connectivity index (χ1v) is 8.89. The minimum Gasteiger partial charge on any atom is -0.495 e. The number of halogens is 1. The zero-order valence-electron chi connectivity index (χ0n) is 14.3. The summed E-state index contributed by atoms with van der Waals surface area (Å²) in [6.45, 7) is 1.72. The number of carboxylic acids is 1. The summed E-state index contributed by atoms with van der Waals surface area (Å²) in [5, 5.41) is 12.6. The van der Waals surface area contributed by atoms with Gasteiger partial charge in [0.25, 0.3) is 5.91 Å². The van der Waals surface area contributed by atoms with Crippen molar-refractivity contribution in [3.05, 3.63) is 45.4 Å². The Hall–Kier alpha value is -2.51. The number of fused-ring (bicyclic) bond motifs is 1. The van der Waals surface area contributed by atoms with E-state index in [1.54, 1.807) is 30.5 Å². The summed E-state index contributed by atoms with van der Waals surface area (Å²) in [5.41, 5.74) is 2.11. The molecule has 0 aliphatic carbocycles. The van der Waals surface area contributed by atoms with Gasteiger partial charge in [-0.1, -0.05) is 11.6 Å². The quantitative estimate of drug-likeness (QED) is 0.708. The molecule has 0 spiro atoms. The number of carbonyl (C=O) groups excluding carboxylic acids is 1. The van der Waals surface area contributed by atoms with Crippen LogP contribution in [0.1, 0.15) is 21.6 Å². The van der Waals surface area contributed by atoms with Gasteiger partial charge in [0.1, 0.15) is 5.75 Å². The monoisotopic (exact) mass is 393 g/mol. The molecule has 3 aromatic rings. The van der Waals surface area contributed by atoms with E-state index in [-0.39, 0.29) is 12.3 Å². The molecule has 2 aromatic heterocycles. The van der Waals surface area contributed by atoms with Crippen LogP contribution in [0, 0.1) is 6.92 Å². The Labute approximate surface area is 158 Å². The lowest BCUT2D eigenvalue weighted by Gasteiger charge is -2.07. The Balaban J connectivity index is 2.26. The van der Waals surface area contributed by atoms with E-state index in [1.807, 2.05) is 0 Å². The highest BCUT2D eigenvalue weighted by Crippen LogP contribution is 2.36. The zero-order valence-corrected chi connectivity index (χ0v) is 15.9. The van der Waals surface area contributed by atoms with Gasteiger partial charge in [0.05, 0.1) is 36.7 Å². The van der Waals surface area contributed by atoms with Crippen LogP contribution >= 0.6 is 22.9 Å². The number of ether oxygens (including phenoxy) is 2. The molecule has 0 radical (unpaired) electrons. The average Bonchev–Trinajstić information content (AvgIpc) is 3.17. The average molecular weight is 394 g/mol. The number of thiophene rings is 1. The second kappa shape index (κ2) is 7.01.